The summed E-state index contributed by atoms with van der Waals surface area (Å²) in [6.07, 6.45) is 15.0. The maximum atomic E-state index is 7.31. The summed E-state index contributed by atoms with van der Waals surface area (Å²) in [5.74, 6) is 0. The van der Waals surface area contributed by atoms with E-state index >= 15 is 0 Å². The number of rotatable bonds is 9. The van der Waals surface area contributed by atoms with Gasteiger partial charge in [-0.05, 0) is 31.2 Å². The average molecular weight is 345 g/mol. The van der Waals surface area contributed by atoms with Crippen molar-refractivity contribution in [3.63, 3.8) is 0 Å². The van der Waals surface area contributed by atoms with Crippen LogP contribution in [-0.2, 0) is 6.54 Å². The topological polar surface area (TPSA) is 55.7 Å². The molecule has 1 aromatic rings. The lowest BCUT2D eigenvalue weighted by atomic mass is 10.3. The van der Waals surface area contributed by atoms with E-state index in [1.165, 1.54) is 6.34 Å². The number of thiol groups is 1. The van der Waals surface area contributed by atoms with Crippen LogP contribution in [0.2, 0.25) is 0 Å². The minimum absolute atomic E-state index is 0.499. The van der Waals surface area contributed by atoms with Crippen LogP contribution in [0.5, 0.6) is 0 Å². The van der Waals surface area contributed by atoms with Gasteiger partial charge in [-0.3, -0.25) is 5.41 Å². The molecule has 0 bridgehead atoms. The summed E-state index contributed by atoms with van der Waals surface area (Å²) in [4.78, 5) is 1.70. The van der Waals surface area contributed by atoms with Crippen molar-refractivity contribution in [2.75, 3.05) is 7.05 Å². The number of hydrogen-bond donors (Lipinski definition) is 2. The molecule has 0 saturated carbocycles. The maximum absolute atomic E-state index is 7.31. The van der Waals surface area contributed by atoms with Gasteiger partial charge in [0.25, 0.3) is 0 Å². The van der Waals surface area contributed by atoms with Crippen LogP contribution in [0.1, 0.15) is 26.7 Å². The van der Waals surface area contributed by atoms with Gasteiger partial charge in [-0.15, -0.1) is 22.9 Å². The second-order valence-corrected chi connectivity index (χ2v) is 5.67. The number of azo groups is 1. The second kappa shape index (κ2) is 11.3. The number of allylic oxidation sites excluding steroid dienone is 4. The fraction of sp³-hybridized carbons (Fsp3) is 0.333. The van der Waals surface area contributed by atoms with Crippen LogP contribution < -0.4 is 4.57 Å². The van der Waals surface area contributed by atoms with Crippen LogP contribution in [0.15, 0.2) is 69.8 Å². The average Bonchev–Trinajstić information content (AvgIpc) is 2.61. The number of nitrogens with zero attached hydrogens (tertiary/aromatic N) is 4. The number of unbranched alkanes of at least 4 members (excludes halogenated alkanes) is 1. The van der Waals surface area contributed by atoms with Crippen molar-refractivity contribution >= 4 is 24.7 Å². The van der Waals surface area contributed by atoms with E-state index in [2.05, 4.69) is 34.3 Å². The number of nitrogens with one attached hydrogen (secondary N) is 1. The molecular formula is C18H26N5S+. The van der Waals surface area contributed by atoms with Crippen molar-refractivity contribution in [2.45, 2.75) is 33.2 Å². The zero-order valence-electron chi connectivity index (χ0n) is 14.6. The highest BCUT2D eigenvalue weighted by Gasteiger charge is 2.01. The van der Waals surface area contributed by atoms with E-state index in [1.54, 1.807) is 11.0 Å². The van der Waals surface area contributed by atoms with Crippen LogP contribution in [0, 0.1) is 5.41 Å². The lowest BCUT2D eigenvalue weighted by Crippen LogP contribution is -2.32. The highest BCUT2D eigenvalue weighted by molar-refractivity contribution is 7.84. The Balaban J connectivity index is 2.83. The predicted molar refractivity (Wildman–Crippen MR) is 103 cm³/mol. The van der Waals surface area contributed by atoms with Crippen molar-refractivity contribution < 1.29 is 4.57 Å². The quantitative estimate of drug-likeness (QED) is 0.168. The Bertz CT molecular complexity index is 647. The van der Waals surface area contributed by atoms with Gasteiger partial charge in [0, 0.05) is 25.2 Å². The summed E-state index contributed by atoms with van der Waals surface area (Å²) in [7, 11) is 1.81. The van der Waals surface area contributed by atoms with Crippen molar-refractivity contribution in [3.8, 4) is 0 Å². The number of hydrogen-bond acceptors (Lipinski definition) is 4. The molecule has 128 valence electrons. The molecule has 0 amide bonds. The normalized spacial score (nSPS) is 13.0. The summed E-state index contributed by atoms with van der Waals surface area (Å²) in [5.41, 5.74) is 1.66. The van der Waals surface area contributed by atoms with E-state index in [1.807, 2.05) is 56.7 Å². The molecule has 1 rings (SSSR count). The van der Waals surface area contributed by atoms with Gasteiger partial charge in [0.05, 0.1) is 6.34 Å². The summed E-state index contributed by atoms with van der Waals surface area (Å²) >= 11 is 4.33. The summed E-state index contributed by atoms with van der Waals surface area (Å²) < 4.78 is 2.11. The third kappa shape index (κ3) is 7.37. The van der Waals surface area contributed by atoms with Crippen LogP contribution in [0.25, 0.3) is 0 Å². The SMILES string of the molecule is C/C=C/C(=C\C=C(S)\N=N/c1ccc[n+](CCCC)c1)N(C)C=N. The molecule has 0 aliphatic rings. The van der Waals surface area contributed by atoms with Crippen molar-refractivity contribution in [2.24, 2.45) is 10.2 Å². The number of pyridine rings is 1. The lowest BCUT2D eigenvalue weighted by Gasteiger charge is -2.12. The molecule has 1 heterocycles. The molecule has 0 atom stereocenters. The van der Waals surface area contributed by atoms with E-state index in [0.29, 0.717) is 5.03 Å². The fourth-order valence-corrected chi connectivity index (χ4v) is 2.00. The molecule has 1 aromatic heterocycles. The third-order valence-electron chi connectivity index (χ3n) is 3.22. The molecule has 0 radical (unpaired) electrons. The van der Waals surface area contributed by atoms with E-state index < -0.39 is 0 Å². The first kappa shape index (κ1) is 19.8. The van der Waals surface area contributed by atoms with Gasteiger partial charge < -0.3 is 4.90 Å². The first-order valence-electron chi connectivity index (χ1n) is 7.98. The van der Waals surface area contributed by atoms with Crippen molar-refractivity contribution in [1.82, 2.24) is 4.90 Å². The standard InChI is InChI=1S/C18H25N5S/c1-4-6-12-23-13-7-9-16(14-23)20-21-18(24)11-10-17(8-5-2)22(3)15-19/h5,7-11,13-15,19H,4,6,12H2,1-3H3/p+1/b8-5+,17-10+,18-11-,19-15?,21-20-. The lowest BCUT2D eigenvalue weighted by molar-refractivity contribution is -0.696. The number of aryl methyl sites for hydroxylation is 1. The molecule has 0 aliphatic heterocycles. The van der Waals surface area contributed by atoms with Gasteiger partial charge in [0.15, 0.2) is 12.4 Å². The third-order valence-corrected chi connectivity index (χ3v) is 3.46. The van der Waals surface area contributed by atoms with E-state index in [9.17, 15) is 0 Å². The highest BCUT2D eigenvalue weighted by atomic mass is 32.1. The number of aromatic nitrogens is 1. The first-order valence-corrected chi connectivity index (χ1v) is 8.43. The minimum Gasteiger partial charge on any atom is -0.336 e. The van der Waals surface area contributed by atoms with Crippen molar-refractivity contribution in [3.05, 3.63) is 59.6 Å². The first-order chi connectivity index (χ1) is 11.6. The highest BCUT2D eigenvalue weighted by Crippen LogP contribution is 2.13. The van der Waals surface area contributed by atoms with E-state index in [-0.39, 0.29) is 0 Å². The summed E-state index contributed by atoms with van der Waals surface area (Å²) in [5, 5.41) is 16.1. The zero-order chi connectivity index (χ0) is 17.8. The summed E-state index contributed by atoms with van der Waals surface area (Å²) in [6.45, 7) is 5.09. The van der Waals surface area contributed by atoms with Gasteiger partial charge in [-0.2, -0.15) is 0 Å². The monoisotopic (exact) mass is 344 g/mol. The Hall–Kier alpha value is -2.21. The summed E-state index contributed by atoms with van der Waals surface area (Å²) in [6, 6.07) is 3.88. The Morgan fingerprint density at radius 1 is 1.42 bits per heavy atom. The molecule has 1 N–H and O–H groups in total. The van der Waals surface area contributed by atoms with Crippen LogP contribution in [0.3, 0.4) is 0 Å². The molecule has 0 aliphatic carbocycles. The predicted octanol–water partition coefficient (Wildman–Crippen LogP) is 4.63. The van der Waals surface area contributed by atoms with Gasteiger partial charge in [-0.25, -0.2) is 4.57 Å². The van der Waals surface area contributed by atoms with E-state index in [4.69, 9.17) is 5.41 Å². The molecule has 6 heteroatoms. The van der Waals surface area contributed by atoms with Gasteiger partial charge >= 0.3 is 0 Å². The molecule has 0 fully saturated rings. The Morgan fingerprint density at radius 3 is 2.88 bits per heavy atom. The Kier molecular flexibility index (Phi) is 9.38. The molecule has 0 saturated heterocycles. The largest absolute Gasteiger partial charge is 0.336 e. The van der Waals surface area contributed by atoms with Crippen LogP contribution in [-0.4, -0.2) is 18.3 Å². The molecule has 24 heavy (non-hydrogen) atoms. The van der Waals surface area contributed by atoms with Gasteiger partial charge in [-0.1, -0.05) is 19.4 Å². The van der Waals surface area contributed by atoms with Crippen molar-refractivity contribution in [1.29, 1.82) is 5.41 Å². The zero-order valence-corrected chi connectivity index (χ0v) is 15.4. The van der Waals surface area contributed by atoms with Gasteiger partial charge in [0.1, 0.15) is 17.3 Å². The smallest absolute Gasteiger partial charge is 0.196 e. The Morgan fingerprint density at radius 2 is 2.21 bits per heavy atom. The van der Waals surface area contributed by atoms with Crippen LogP contribution in [0.4, 0.5) is 5.69 Å². The van der Waals surface area contributed by atoms with Crippen LogP contribution >= 0.6 is 12.6 Å². The number of likely N-dealkylation sites (N-methyl/N-ethyl adjacent to an activating group) is 1. The van der Waals surface area contributed by atoms with E-state index in [0.717, 1.165) is 30.8 Å². The molecular weight excluding hydrogens is 318 g/mol. The second-order valence-electron chi connectivity index (χ2n) is 5.21. The fourth-order valence-electron chi connectivity index (χ4n) is 1.89. The minimum atomic E-state index is 0.499. The van der Waals surface area contributed by atoms with Gasteiger partial charge in [0.2, 0.25) is 0 Å². The molecule has 0 spiro atoms. The maximum Gasteiger partial charge on any atom is 0.196 e. The molecule has 0 unspecified atom stereocenters. The Labute approximate surface area is 150 Å². The molecule has 0 aromatic carbocycles. The molecule has 5 nitrogen and oxygen atoms in total.